The largest absolute Gasteiger partial charge is 0.399 e. The lowest BCUT2D eigenvalue weighted by Crippen LogP contribution is -2.32. The van der Waals surface area contributed by atoms with Crippen molar-refractivity contribution >= 4 is 11.4 Å². The van der Waals surface area contributed by atoms with Crippen LogP contribution in [-0.4, -0.2) is 24.3 Å². The van der Waals surface area contributed by atoms with Gasteiger partial charge in [0.25, 0.3) is 0 Å². The third-order valence-electron chi connectivity index (χ3n) is 3.04. The zero-order chi connectivity index (χ0) is 11.5. The first kappa shape index (κ1) is 10.8. The van der Waals surface area contributed by atoms with Crippen LogP contribution >= 0.6 is 0 Å². The molecule has 2 rings (SSSR count). The maximum Gasteiger partial charge on any atom is 0.101 e. The van der Waals surface area contributed by atoms with E-state index in [1.807, 2.05) is 6.07 Å². The number of nitrogens with two attached hydrogens (primary N) is 1. The van der Waals surface area contributed by atoms with Crippen LogP contribution in [0, 0.1) is 11.3 Å². The molecule has 0 radical (unpaired) electrons. The van der Waals surface area contributed by atoms with E-state index in [-0.39, 0.29) is 12.6 Å². The fourth-order valence-electron chi connectivity index (χ4n) is 2.24. The van der Waals surface area contributed by atoms with Crippen molar-refractivity contribution in [3.63, 3.8) is 0 Å². The average molecular weight is 217 g/mol. The fraction of sp³-hybridized carbons (Fsp3) is 0.417. The molecule has 1 heterocycles. The van der Waals surface area contributed by atoms with Gasteiger partial charge >= 0.3 is 0 Å². The van der Waals surface area contributed by atoms with Crippen LogP contribution in [0.3, 0.4) is 0 Å². The minimum Gasteiger partial charge on any atom is -0.399 e. The summed E-state index contributed by atoms with van der Waals surface area (Å²) in [5, 5.41) is 18.3. The summed E-state index contributed by atoms with van der Waals surface area (Å²) in [5.41, 5.74) is 7.71. The van der Waals surface area contributed by atoms with Crippen molar-refractivity contribution in [1.29, 1.82) is 5.26 Å². The van der Waals surface area contributed by atoms with Gasteiger partial charge in [-0.05, 0) is 31.0 Å². The molecule has 1 aromatic carbocycles. The van der Waals surface area contributed by atoms with Crippen molar-refractivity contribution in [2.24, 2.45) is 0 Å². The fourth-order valence-corrected chi connectivity index (χ4v) is 2.24. The van der Waals surface area contributed by atoms with Gasteiger partial charge in [-0.2, -0.15) is 5.26 Å². The Bertz CT molecular complexity index is 425. The summed E-state index contributed by atoms with van der Waals surface area (Å²) in [6.45, 7) is 1.03. The lowest BCUT2D eigenvalue weighted by molar-refractivity contribution is 0.266. The summed E-state index contributed by atoms with van der Waals surface area (Å²) < 4.78 is 0. The van der Waals surface area contributed by atoms with Gasteiger partial charge in [-0.3, -0.25) is 0 Å². The zero-order valence-corrected chi connectivity index (χ0v) is 9.06. The second-order valence-electron chi connectivity index (χ2n) is 4.06. The Labute approximate surface area is 94.9 Å². The Hall–Kier alpha value is -1.73. The number of anilines is 2. The second kappa shape index (κ2) is 4.42. The number of aliphatic hydroxyl groups is 1. The van der Waals surface area contributed by atoms with E-state index >= 15 is 0 Å². The summed E-state index contributed by atoms with van der Waals surface area (Å²) in [7, 11) is 0. The predicted molar refractivity (Wildman–Crippen MR) is 63.0 cm³/mol. The number of hydrogen-bond donors (Lipinski definition) is 2. The molecule has 3 N–H and O–H groups in total. The molecule has 4 heteroatoms. The number of hydrogen-bond acceptors (Lipinski definition) is 4. The van der Waals surface area contributed by atoms with Crippen molar-refractivity contribution in [3.8, 4) is 6.07 Å². The Morgan fingerprint density at radius 2 is 2.38 bits per heavy atom. The monoisotopic (exact) mass is 217 g/mol. The van der Waals surface area contributed by atoms with E-state index in [0.717, 1.165) is 25.1 Å². The Kier molecular flexibility index (Phi) is 2.97. The van der Waals surface area contributed by atoms with Crippen LogP contribution in [0.5, 0.6) is 0 Å². The minimum atomic E-state index is 0.134. The normalized spacial score (nSPS) is 19.8. The molecule has 1 saturated heterocycles. The molecule has 0 amide bonds. The van der Waals surface area contributed by atoms with Crippen LogP contribution in [0.2, 0.25) is 0 Å². The van der Waals surface area contributed by atoms with Gasteiger partial charge in [0.2, 0.25) is 0 Å². The second-order valence-corrected chi connectivity index (χ2v) is 4.06. The van der Waals surface area contributed by atoms with Crippen LogP contribution < -0.4 is 10.6 Å². The molecule has 0 bridgehead atoms. The Morgan fingerprint density at radius 1 is 1.56 bits per heavy atom. The van der Waals surface area contributed by atoms with Gasteiger partial charge in [0, 0.05) is 12.2 Å². The summed E-state index contributed by atoms with van der Waals surface area (Å²) in [6.07, 6.45) is 2.03. The van der Waals surface area contributed by atoms with Gasteiger partial charge in [0.05, 0.1) is 23.9 Å². The highest BCUT2D eigenvalue weighted by Gasteiger charge is 2.25. The Morgan fingerprint density at radius 3 is 3.06 bits per heavy atom. The molecule has 1 unspecified atom stereocenters. The molecular weight excluding hydrogens is 202 g/mol. The van der Waals surface area contributed by atoms with Crippen LogP contribution in [0.4, 0.5) is 11.4 Å². The Balaban J connectivity index is 2.36. The highest BCUT2D eigenvalue weighted by molar-refractivity contribution is 5.65. The summed E-state index contributed by atoms with van der Waals surface area (Å²) in [5.74, 6) is 0. The van der Waals surface area contributed by atoms with E-state index in [2.05, 4.69) is 11.0 Å². The van der Waals surface area contributed by atoms with Gasteiger partial charge in [0.1, 0.15) is 6.07 Å². The summed E-state index contributed by atoms with van der Waals surface area (Å²) in [4.78, 5) is 2.10. The van der Waals surface area contributed by atoms with Crippen LogP contribution in [0.1, 0.15) is 18.4 Å². The lowest BCUT2D eigenvalue weighted by atomic mass is 10.1. The van der Waals surface area contributed by atoms with Crippen LogP contribution in [-0.2, 0) is 0 Å². The SMILES string of the molecule is N#Cc1cc(N)ccc1N1CCCC1CO. The number of benzene rings is 1. The van der Waals surface area contributed by atoms with Gasteiger partial charge in [-0.1, -0.05) is 0 Å². The molecule has 0 spiro atoms. The topological polar surface area (TPSA) is 73.3 Å². The molecule has 0 aliphatic carbocycles. The quantitative estimate of drug-likeness (QED) is 0.727. The van der Waals surface area contributed by atoms with Gasteiger partial charge in [-0.15, -0.1) is 0 Å². The molecular formula is C12H15N3O. The molecule has 84 valence electrons. The molecule has 4 nitrogen and oxygen atoms in total. The number of aliphatic hydroxyl groups excluding tert-OH is 1. The van der Waals surface area contributed by atoms with Crippen LogP contribution in [0.15, 0.2) is 18.2 Å². The number of nitrogen functional groups attached to an aromatic ring is 1. The lowest BCUT2D eigenvalue weighted by Gasteiger charge is -2.26. The van der Waals surface area contributed by atoms with Crippen molar-refractivity contribution in [2.75, 3.05) is 23.8 Å². The molecule has 16 heavy (non-hydrogen) atoms. The standard InChI is InChI=1S/C12H15N3O/c13-7-9-6-10(14)3-4-12(9)15-5-1-2-11(15)8-16/h3-4,6,11,16H,1-2,5,8,14H2. The smallest absolute Gasteiger partial charge is 0.101 e. The first-order valence-corrected chi connectivity index (χ1v) is 5.43. The number of nitrogens with zero attached hydrogens (tertiary/aromatic N) is 2. The molecule has 1 aliphatic heterocycles. The maximum atomic E-state index is 9.27. The molecule has 1 aromatic rings. The average Bonchev–Trinajstić information content (AvgIpc) is 2.76. The van der Waals surface area contributed by atoms with E-state index in [4.69, 9.17) is 11.0 Å². The third kappa shape index (κ3) is 1.82. The first-order valence-electron chi connectivity index (χ1n) is 5.43. The highest BCUT2D eigenvalue weighted by atomic mass is 16.3. The van der Waals surface area contributed by atoms with E-state index in [1.54, 1.807) is 12.1 Å². The van der Waals surface area contributed by atoms with Gasteiger partial charge in [-0.25, -0.2) is 0 Å². The van der Waals surface area contributed by atoms with E-state index < -0.39 is 0 Å². The van der Waals surface area contributed by atoms with E-state index in [1.165, 1.54) is 0 Å². The van der Waals surface area contributed by atoms with Crippen molar-refractivity contribution in [1.82, 2.24) is 0 Å². The first-order chi connectivity index (χ1) is 7.76. The summed E-state index contributed by atoms with van der Waals surface area (Å²) in [6, 6.07) is 7.63. The number of rotatable bonds is 2. The van der Waals surface area contributed by atoms with E-state index in [0.29, 0.717) is 11.3 Å². The van der Waals surface area contributed by atoms with Crippen molar-refractivity contribution in [2.45, 2.75) is 18.9 Å². The van der Waals surface area contributed by atoms with Crippen LogP contribution in [0.25, 0.3) is 0 Å². The molecule has 1 fully saturated rings. The predicted octanol–water partition coefficient (Wildman–Crippen LogP) is 1.10. The molecule has 1 aliphatic rings. The minimum absolute atomic E-state index is 0.134. The van der Waals surface area contributed by atoms with Gasteiger partial charge in [0.15, 0.2) is 0 Å². The van der Waals surface area contributed by atoms with E-state index in [9.17, 15) is 5.11 Å². The number of nitriles is 1. The zero-order valence-electron chi connectivity index (χ0n) is 9.06. The van der Waals surface area contributed by atoms with Crippen molar-refractivity contribution < 1.29 is 5.11 Å². The maximum absolute atomic E-state index is 9.27. The van der Waals surface area contributed by atoms with Gasteiger partial charge < -0.3 is 15.7 Å². The molecule has 1 atom stereocenters. The highest BCUT2D eigenvalue weighted by Crippen LogP contribution is 2.29. The van der Waals surface area contributed by atoms with Crippen molar-refractivity contribution in [3.05, 3.63) is 23.8 Å². The molecule has 0 saturated carbocycles. The molecule has 0 aromatic heterocycles. The summed E-state index contributed by atoms with van der Waals surface area (Å²) >= 11 is 0. The third-order valence-corrected chi connectivity index (χ3v) is 3.04.